The molecule has 0 aliphatic heterocycles. The minimum absolute atomic E-state index is 0.0447. The second kappa shape index (κ2) is 8.31. The molecule has 0 spiro atoms. The predicted molar refractivity (Wildman–Crippen MR) is 92.3 cm³/mol. The fourth-order valence-corrected chi connectivity index (χ4v) is 2.39. The highest BCUT2D eigenvalue weighted by molar-refractivity contribution is 5.93. The Bertz CT molecular complexity index is 667. The van der Waals surface area contributed by atoms with Crippen LogP contribution in [0.3, 0.4) is 0 Å². The highest BCUT2D eigenvalue weighted by Gasteiger charge is 2.14. The summed E-state index contributed by atoms with van der Waals surface area (Å²) in [5, 5.41) is 8.89. The van der Waals surface area contributed by atoms with Crippen molar-refractivity contribution in [1.29, 1.82) is 0 Å². The van der Waals surface area contributed by atoms with Crippen molar-refractivity contribution in [2.45, 2.75) is 34.1 Å². The molecule has 6 nitrogen and oxygen atoms in total. The lowest BCUT2D eigenvalue weighted by molar-refractivity contribution is -0.136. The third-order valence-electron chi connectivity index (χ3n) is 3.44. The third kappa shape index (κ3) is 5.24. The lowest BCUT2D eigenvalue weighted by Crippen LogP contribution is -2.33. The van der Waals surface area contributed by atoms with Crippen molar-refractivity contribution >= 4 is 11.9 Å². The molecule has 0 radical (unpaired) electrons. The summed E-state index contributed by atoms with van der Waals surface area (Å²) in [5.41, 5.74) is 4.87. The summed E-state index contributed by atoms with van der Waals surface area (Å²) >= 11 is 0. The molecule has 0 saturated carbocycles. The molecular weight excluding hydrogens is 308 g/mol. The van der Waals surface area contributed by atoms with Gasteiger partial charge in [-0.1, -0.05) is 32.6 Å². The first kappa shape index (κ1) is 19.4. The van der Waals surface area contributed by atoms with Crippen LogP contribution in [-0.4, -0.2) is 17.0 Å². The van der Waals surface area contributed by atoms with E-state index in [9.17, 15) is 9.59 Å². The lowest BCUT2D eigenvalue weighted by Gasteiger charge is -2.15. The highest BCUT2D eigenvalue weighted by atomic mass is 16.5. The Morgan fingerprint density at radius 1 is 1.33 bits per heavy atom. The molecule has 24 heavy (non-hydrogen) atoms. The second-order valence-corrected chi connectivity index (χ2v) is 5.93. The van der Waals surface area contributed by atoms with Gasteiger partial charge in [-0.15, -0.1) is 0 Å². The number of nitrogens with one attached hydrogen (secondary N) is 1. The second-order valence-electron chi connectivity index (χ2n) is 5.93. The van der Waals surface area contributed by atoms with Gasteiger partial charge in [-0.2, -0.15) is 0 Å². The van der Waals surface area contributed by atoms with Gasteiger partial charge in [0.1, 0.15) is 11.5 Å². The number of carboxylic acid groups (broad SMARTS) is 1. The molecular formula is C18H24N2O4. The van der Waals surface area contributed by atoms with Crippen LogP contribution in [0.4, 0.5) is 0 Å². The van der Waals surface area contributed by atoms with Gasteiger partial charge in [0.15, 0.2) is 0 Å². The molecule has 0 heterocycles. The van der Waals surface area contributed by atoms with Gasteiger partial charge in [0.05, 0.1) is 6.42 Å². The van der Waals surface area contributed by atoms with Crippen LogP contribution in [-0.2, 0) is 16.0 Å². The monoisotopic (exact) mass is 332 g/mol. The normalized spacial score (nSPS) is 11.3. The van der Waals surface area contributed by atoms with Gasteiger partial charge in [-0.3, -0.25) is 15.0 Å². The van der Waals surface area contributed by atoms with Crippen molar-refractivity contribution in [3.63, 3.8) is 0 Å². The zero-order valence-electron chi connectivity index (χ0n) is 14.5. The molecule has 0 unspecified atom stereocenters. The van der Waals surface area contributed by atoms with Crippen LogP contribution in [0.1, 0.15) is 30.5 Å². The van der Waals surface area contributed by atoms with Gasteiger partial charge in [0.25, 0.3) is 5.91 Å². The van der Waals surface area contributed by atoms with Crippen molar-refractivity contribution < 1.29 is 19.4 Å². The van der Waals surface area contributed by atoms with Crippen molar-refractivity contribution in [3.05, 3.63) is 52.8 Å². The predicted octanol–water partition coefficient (Wildman–Crippen LogP) is 2.40. The van der Waals surface area contributed by atoms with E-state index in [0.717, 1.165) is 11.1 Å². The zero-order valence-corrected chi connectivity index (χ0v) is 14.5. The van der Waals surface area contributed by atoms with Crippen LogP contribution in [0.15, 0.2) is 36.1 Å². The molecule has 0 saturated heterocycles. The van der Waals surface area contributed by atoms with Gasteiger partial charge in [-0.25, -0.2) is 5.84 Å². The maximum atomic E-state index is 11.8. The van der Waals surface area contributed by atoms with Gasteiger partial charge in [0, 0.05) is 5.57 Å². The third-order valence-corrected chi connectivity index (χ3v) is 3.44. The first-order valence-electron chi connectivity index (χ1n) is 7.56. The Morgan fingerprint density at radius 2 is 1.88 bits per heavy atom. The van der Waals surface area contributed by atoms with Crippen LogP contribution < -0.4 is 16.0 Å². The molecule has 0 aliphatic carbocycles. The SMILES string of the molecule is C=C(/C=C(\C(=O)NN)C(C)C)Oc1c(C)cc(CC(=O)O)cc1C. The van der Waals surface area contributed by atoms with Crippen LogP contribution in [0.5, 0.6) is 5.75 Å². The van der Waals surface area contributed by atoms with E-state index in [0.29, 0.717) is 22.6 Å². The molecule has 1 aromatic rings. The van der Waals surface area contributed by atoms with E-state index in [1.165, 1.54) is 0 Å². The quantitative estimate of drug-likeness (QED) is 0.178. The van der Waals surface area contributed by atoms with Crippen molar-refractivity contribution in [2.75, 3.05) is 0 Å². The molecule has 0 bridgehead atoms. The molecule has 130 valence electrons. The summed E-state index contributed by atoms with van der Waals surface area (Å²) in [6.45, 7) is 11.2. The Balaban J connectivity index is 3.06. The van der Waals surface area contributed by atoms with Crippen LogP contribution in [0, 0.1) is 19.8 Å². The van der Waals surface area contributed by atoms with E-state index in [4.69, 9.17) is 15.7 Å². The number of hydrogen-bond acceptors (Lipinski definition) is 4. The minimum atomic E-state index is -0.885. The largest absolute Gasteiger partial charge is 0.481 e. The number of aliphatic carboxylic acids is 1. The Kier molecular flexibility index (Phi) is 6.73. The van der Waals surface area contributed by atoms with Gasteiger partial charge in [0.2, 0.25) is 0 Å². The number of benzene rings is 1. The van der Waals surface area contributed by atoms with Crippen LogP contribution in [0.25, 0.3) is 0 Å². The maximum Gasteiger partial charge on any atom is 0.307 e. The molecule has 0 fully saturated rings. The van der Waals surface area contributed by atoms with Gasteiger partial charge in [-0.05, 0) is 42.5 Å². The van der Waals surface area contributed by atoms with E-state index in [1.54, 1.807) is 18.2 Å². The maximum absolute atomic E-state index is 11.8. The van der Waals surface area contributed by atoms with E-state index in [1.807, 2.05) is 27.7 Å². The number of aryl methyl sites for hydroxylation is 2. The summed E-state index contributed by atoms with van der Waals surface area (Å²) in [6.07, 6.45) is 1.51. The molecule has 4 N–H and O–H groups in total. The lowest BCUT2D eigenvalue weighted by atomic mass is 10.0. The van der Waals surface area contributed by atoms with E-state index < -0.39 is 5.97 Å². The summed E-state index contributed by atoms with van der Waals surface area (Å²) in [5.74, 6) is 4.77. The molecule has 6 heteroatoms. The standard InChI is InChI=1S/C18H24N2O4/c1-10(2)15(18(23)20-19)8-13(5)24-17-11(3)6-14(7-12(17)4)9-16(21)22/h6-8,10H,5,9,19H2,1-4H3,(H,20,23)(H,21,22)/b15-8-. The topological polar surface area (TPSA) is 102 Å². The average Bonchev–Trinajstić information content (AvgIpc) is 2.46. The molecule has 0 atom stereocenters. The van der Waals surface area contributed by atoms with E-state index in [2.05, 4.69) is 12.0 Å². The Morgan fingerprint density at radius 3 is 2.29 bits per heavy atom. The first-order chi connectivity index (χ1) is 11.1. The summed E-state index contributed by atoms with van der Waals surface area (Å²) in [6, 6.07) is 3.53. The summed E-state index contributed by atoms with van der Waals surface area (Å²) in [4.78, 5) is 22.6. The van der Waals surface area contributed by atoms with E-state index in [-0.39, 0.29) is 18.2 Å². The Hall–Kier alpha value is -2.60. The number of carbonyl (C=O) groups excluding carboxylic acids is 1. The number of rotatable bonds is 7. The van der Waals surface area contributed by atoms with Crippen molar-refractivity contribution in [1.82, 2.24) is 5.43 Å². The molecule has 0 aliphatic rings. The van der Waals surface area contributed by atoms with Crippen molar-refractivity contribution in [3.8, 4) is 5.75 Å². The number of ether oxygens (including phenoxy) is 1. The number of carbonyl (C=O) groups is 2. The minimum Gasteiger partial charge on any atom is -0.481 e. The number of hydrazine groups is 1. The fraction of sp³-hybridized carbons (Fsp3) is 0.333. The zero-order chi connectivity index (χ0) is 18.4. The number of hydrogen-bond donors (Lipinski definition) is 3. The smallest absolute Gasteiger partial charge is 0.307 e. The molecule has 1 amide bonds. The summed E-state index contributed by atoms with van der Waals surface area (Å²) < 4.78 is 5.77. The van der Waals surface area contributed by atoms with E-state index >= 15 is 0 Å². The van der Waals surface area contributed by atoms with Crippen LogP contribution in [0.2, 0.25) is 0 Å². The first-order valence-corrected chi connectivity index (χ1v) is 7.56. The number of amides is 1. The Labute approximate surface area is 142 Å². The molecule has 1 aromatic carbocycles. The number of carboxylic acids is 1. The molecule has 0 aromatic heterocycles. The highest BCUT2D eigenvalue weighted by Crippen LogP contribution is 2.27. The van der Waals surface area contributed by atoms with Crippen LogP contribution >= 0.6 is 0 Å². The van der Waals surface area contributed by atoms with Gasteiger partial charge < -0.3 is 9.84 Å². The van der Waals surface area contributed by atoms with Gasteiger partial charge >= 0.3 is 5.97 Å². The average molecular weight is 332 g/mol. The molecule has 1 rings (SSSR count). The fourth-order valence-electron chi connectivity index (χ4n) is 2.39. The number of allylic oxidation sites excluding steroid dienone is 1. The summed E-state index contributed by atoms with van der Waals surface area (Å²) in [7, 11) is 0. The van der Waals surface area contributed by atoms with Crippen molar-refractivity contribution in [2.24, 2.45) is 11.8 Å². The number of nitrogens with two attached hydrogens (primary N) is 1.